The lowest BCUT2D eigenvalue weighted by Gasteiger charge is -2.20. The van der Waals surface area contributed by atoms with Gasteiger partial charge in [-0.15, -0.1) is 0 Å². The van der Waals surface area contributed by atoms with Crippen molar-refractivity contribution >= 4 is 0 Å². The summed E-state index contributed by atoms with van der Waals surface area (Å²) in [6.07, 6.45) is 0.960. The maximum absolute atomic E-state index is 8.62. The molecule has 16 heavy (non-hydrogen) atoms. The average Bonchev–Trinajstić information content (AvgIpc) is 2.35. The zero-order chi connectivity index (χ0) is 12.0. The summed E-state index contributed by atoms with van der Waals surface area (Å²) < 4.78 is 5.28. The molecule has 2 atom stereocenters. The normalized spacial score (nSPS) is 13.7. The maximum atomic E-state index is 8.62. The van der Waals surface area contributed by atoms with Crippen molar-refractivity contribution in [3.63, 3.8) is 0 Å². The van der Waals surface area contributed by atoms with E-state index in [1.165, 1.54) is 0 Å². The fraction of sp³-hybridized carbons (Fsp3) is 0.500. The Morgan fingerprint density at radius 1 is 1.44 bits per heavy atom. The molecule has 86 valence electrons. The number of azide groups is 1. The highest BCUT2D eigenvalue weighted by atomic mass is 16.5. The van der Waals surface area contributed by atoms with Gasteiger partial charge in [0.1, 0.15) is 5.75 Å². The lowest BCUT2D eigenvalue weighted by atomic mass is 9.92. The smallest absolute Gasteiger partial charge is 0.122 e. The highest BCUT2D eigenvalue weighted by Gasteiger charge is 2.19. The minimum Gasteiger partial charge on any atom is -0.496 e. The molecule has 0 bridgehead atoms. The topological polar surface area (TPSA) is 58.0 Å². The maximum Gasteiger partial charge on any atom is 0.122 e. The largest absolute Gasteiger partial charge is 0.496 e. The highest BCUT2D eigenvalue weighted by molar-refractivity contribution is 5.36. The van der Waals surface area contributed by atoms with E-state index < -0.39 is 0 Å². The first kappa shape index (κ1) is 12.4. The third kappa shape index (κ3) is 2.67. The van der Waals surface area contributed by atoms with Gasteiger partial charge in [-0.2, -0.15) is 0 Å². The van der Waals surface area contributed by atoms with Gasteiger partial charge < -0.3 is 4.74 Å². The third-order valence-corrected chi connectivity index (χ3v) is 2.82. The molecule has 0 aliphatic carbocycles. The van der Waals surface area contributed by atoms with E-state index >= 15 is 0 Å². The van der Waals surface area contributed by atoms with E-state index in [-0.39, 0.29) is 6.04 Å². The number of hydrogen-bond donors (Lipinski definition) is 0. The molecule has 4 nitrogen and oxygen atoms in total. The molecule has 0 amide bonds. The van der Waals surface area contributed by atoms with Crippen LogP contribution in [0.3, 0.4) is 0 Å². The molecule has 2 unspecified atom stereocenters. The Bertz CT molecular complexity index is 386. The van der Waals surface area contributed by atoms with Crippen LogP contribution in [0.5, 0.6) is 5.75 Å². The highest BCUT2D eigenvalue weighted by Crippen LogP contribution is 2.34. The Labute approximate surface area is 95.9 Å². The molecule has 0 aliphatic rings. The lowest BCUT2D eigenvalue weighted by Crippen LogP contribution is -2.07. The SMILES string of the molecule is CCC(C)C(N=[N+]=[N-])c1ccccc1OC. The molecule has 0 saturated heterocycles. The second-order valence-electron chi connectivity index (χ2n) is 3.78. The van der Waals surface area contributed by atoms with Crippen molar-refractivity contribution < 1.29 is 4.74 Å². The van der Waals surface area contributed by atoms with Crippen molar-refractivity contribution in [3.8, 4) is 5.75 Å². The molecule has 0 fully saturated rings. The number of para-hydroxylation sites is 1. The van der Waals surface area contributed by atoms with Crippen molar-refractivity contribution in [2.75, 3.05) is 7.11 Å². The minimum absolute atomic E-state index is 0.161. The average molecular weight is 219 g/mol. The van der Waals surface area contributed by atoms with Gasteiger partial charge in [0.2, 0.25) is 0 Å². The third-order valence-electron chi connectivity index (χ3n) is 2.82. The molecule has 0 radical (unpaired) electrons. The van der Waals surface area contributed by atoms with Gasteiger partial charge in [0, 0.05) is 10.5 Å². The summed E-state index contributed by atoms with van der Waals surface area (Å²) in [5, 5.41) is 3.87. The van der Waals surface area contributed by atoms with Crippen LogP contribution in [-0.4, -0.2) is 7.11 Å². The van der Waals surface area contributed by atoms with Crippen LogP contribution in [0.4, 0.5) is 0 Å². The van der Waals surface area contributed by atoms with Gasteiger partial charge in [0.05, 0.1) is 13.2 Å². The van der Waals surface area contributed by atoms with Crippen molar-refractivity contribution in [1.82, 2.24) is 0 Å². The predicted octanol–water partition coefficient (Wildman–Crippen LogP) is 4.09. The van der Waals surface area contributed by atoms with Gasteiger partial charge in [-0.3, -0.25) is 0 Å². The van der Waals surface area contributed by atoms with E-state index in [0.717, 1.165) is 17.7 Å². The monoisotopic (exact) mass is 219 g/mol. The first-order chi connectivity index (χ1) is 7.74. The van der Waals surface area contributed by atoms with Crippen LogP contribution < -0.4 is 4.74 Å². The van der Waals surface area contributed by atoms with Crippen LogP contribution in [0, 0.1) is 5.92 Å². The van der Waals surface area contributed by atoms with Gasteiger partial charge in [0.25, 0.3) is 0 Å². The summed E-state index contributed by atoms with van der Waals surface area (Å²) in [5.41, 5.74) is 9.58. The molecule has 1 aromatic carbocycles. The Balaban J connectivity index is 3.14. The second-order valence-corrected chi connectivity index (χ2v) is 3.78. The van der Waals surface area contributed by atoms with Gasteiger partial charge >= 0.3 is 0 Å². The van der Waals surface area contributed by atoms with E-state index in [1.54, 1.807) is 7.11 Å². The number of rotatable bonds is 5. The van der Waals surface area contributed by atoms with Crippen LogP contribution >= 0.6 is 0 Å². The van der Waals surface area contributed by atoms with E-state index in [0.29, 0.717) is 5.92 Å². The van der Waals surface area contributed by atoms with Crippen LogP contribution in [0.1, 0.15) is 31.9 Å². The zero-order valence-electron chi connectivity index (χ0n) is 9.92. The van der Waals surface area contributed by atoms with Crippen LogP contribution in [0.2, 0.25) is 0 Å². The summed E-state index contributed by atoms with van der Waals surface area (Å²) in [5.74, 6) is 1.08. The fourth-order valence-electron chi connectivity index (χ4n) is 1.67. The second kappa shape index (κ2) is 6.03. The number of benzene rings is 1. The quantitative estimate of drug-likeness (QED) is 0.418. The number of methoxy groups -OCH3 is 1. The Morgan fingerprint density at radius 2 is 2.12 bits per heavy atom. The molecule has 0 spiro atoms. The van der Waals surface area contributed by atoms with Crippen molar-refractivity contribution in [2.45, 2.75) is 26.3 Å². The van der Waals surface area contributed by atoms with Gasteiger partial charge in [-0.05, 0) is 17.5 Å². The molecule has 0 aromatic heterocycles. The van der Waals surface area contributed by atoms with Crippen molar-refractivity contribution in [3.05, 3.63) is 40.3 Å². The molecule has 1 rings (SSSR count). The minimum atomic E-state index is -0.161. The number of hydrogen-bond acceptors (Lipinski definition) is 2. The van der Waals surface area contributed by atoms with E-state index in [2.05, 4.69) is 23.9 Å². The molecular weight excluding hydrogens is 202 g/mol. The standard InChI is InChI=1S/C12H17N3O/c1-4-9(2)12(14-15-13)10-7-5-6-8-11(10)16-3/h5-9,12H,4H2,1-3H3. The van der Waals surface area contributed by atoms with E-state index in [4.69, 9.17) is 10.3 Å². The van der Waals surface area contributed by atoms with E-state index in [9.17, 15) is 0 Å². The van der Waals surface area contributed by atoms with Crippen LogP contribution in [0.15, 0.2) is 29.4 Å². The van der Waals surface area contributed by atoms with Gasteiger partial charge in [-0.25, -0.2) is 0 Å². The molecule has 4 heteroatoms. The van der Waals surface area contributed by atoms with Crippen LogP contribution in [0.25, 0.3) is 10.4 Å². The summed E-state index contributed by atoms with van der Waals surface area (Å²) in [6.45, 7) is 4.16. The lowest BCUT2D eigenvalue weighted by molar-refractivity contribution is 0.388. The fourth-order valence-corrected chi connectivity index (χ4v) is 1.67. The van der Waals surface area contributed by atoms with Crippen LogP contribution in [-0.2, 0) is 0 Å². The Kier molecular flexibility index (Phi) is 4.67. The summed E-state index contributed by atoms with van der Waals surface area (Å²) in [7, 11) is 1.63. The first-order valence-electron chi connectivity index (χ1n) is 5.41. The van der Waals surface area contributed by atoms with E-state index in [1.807, 2.05) is 24.3 Å². The number of ether oxygens (including phenoxy) is 1. The Hall–Kier alpha value is -1.67. The van der Waals surface area contributed by atoms with Crippen molar-refractivity contribution in [1.29, 1.82) is 0 Å². The molecular formula is C12H17N3O. The Morgan fingerprint density at radius 3 is 2.69 bits per heavy atom. The molecule has 1 aromatic rings. The van der Waals surface area contributed by atoms with Gasteiger partial charge in [0.15, 0.2) is 0 Å². The predicted molar refractivity (Wildman–Crippen MR) is 64.3 cm³/mol. The van der Waals surface area contributed by atoms with Crippen molar-refractivity contribution in [2.24, 2.45) is 11.0 Å². The molecule has 0 aliphatic heterocycles. The summed E-state index contributed by atoms with van der Waals surface area (Å²) in [6, 6.07) is 7.51. The molecule has 0 saturated carbocycles. The number of nitrogens with zero attached hydrogens (tertiary/aromatic N) is 3. The summed E-state index contributed by atoms with van der Waals surface area (Å²) >= 11 is 0. The first-order valence-corrected chi connectivity index (χ1v) is 5.41. The zero-order valence-corrected chi connectivity index (χ0v) is 9.92. The molecule has 0 heterocycles. The van der Waals surface area contributed by atoms with Gasteiger partial charge in [-0.1, -0.05) is 43.6 Å². The molecule has 0 N–H and O–H groups in total. The summed E-state index contributed by atoms with van der Waals surface area (Å²) in [4.78, 5) is 2.93.